The van der Waals surface area contributed by atoms with Gasteiger partial charge >= 0.3 is 12.0 Å². The number of nitrogens with zero attached hydrogens (tertiary/aromatic N) is 3. The Bertz CT molecular complexity index is 1200. The first-order valence-corrected chi connectivity index (χ1v) is 11.3. The van der Waals surface area contributed by atoms with Gasteiger partial charge in [-0.15, -0.1) is 0 Å². The molecule has 3 N–H and O–H groups in total. The summed E-state index contributed by atoms with van der Waals surface area (Å²) in [5.41, 5.74) is 1.70. The Morgan fingerprint density at radius 3 is 2.37 bits per heavy atom. The molecule has 1 fully saturated rings. The lowest BCUT2D eigenvalue weighted by Gasteiger charge is -2.34. The van der Waals surface area contributed by atoms with Crippen molar-refractivity contribution < 1.29 is 23.9 Å². The Balaban J connectivity index is 1.13. The first kappa shape index (κ1) is 23.7. The number of piperazine rings is 1. The number of para-hydroxylation sites is 2. The van der Waals surface area contributed by atoms with Crippen molar-refractivity contribution in [3.63, 3.8) is 0 Å². The summed E-state index contributed by atoms with van der Waals surface area (Å²) in [6.07, 6.45) is -0.0746. The largest absolute Gasteiger partial charge is 0.456 e. The van der Waals surface area contributed by atoms with E-state index in [4.69, 9.17) is 4.74 Å². The zero-order valence-corrected chi connectivity index (χ0v) is 19.0. The lowest BCUT2D eigenvalue weighted by molar-refractivity contribution is -0.152. The highest BCUT2D eigenvalue weighted by Crippen LogP contribution is 2.14. The van der Waals surface area contributed by atoms with Crippen LogP contribution in [0.15, 0.2) is 54.6 Å². The number of nitrogens with one attached hydrogen (secondary N) is 3. The summed E-state index contributed by atoms with van der Waals surface area (Å²) in [5, 5.41) is 12.9. The van der Waals surface area contributed by atoms with Gasteiger partial charge < -0.3 is 25.2 Å². The number of rotatable bonds is 7. The van der Waals surface area contributed by atoms with E-state index in [-0.39, 0.29) is 37.2 Å². The van der Waals surface area contributed by atoms with Gasteiger partial charge in [0.05, 0.1) is 11.9 Å². The fourth-order valence-corrected chi connectivity index (χ4v) is 3.69. The third-order valence-corrected chi connectivity index (χ3v) is 5.60. The molecule has 0 atom stereocenters. The molecular formula is C24H26N6O5. The molecule has 4 rings (SSSR count). The van der Waals surface area contributed by atoms with Crippen LogP contribution in [-0.4, -0.2) is 83.1 Å². The number of aromatic nitrogens is 2. The van der Waals surface area contributed by atoms with Gasteiger partial charge in [-0.25, -0.2) is 4.79 Å². The van der Waals surface area contributed by atoms with Crippen molar-refractivity contribution in [3.05, 3.63) is 60.3 Å². The van der Waals surface area contributed by atoms with Gasteiger partial charge in [-0.05, 0) is 18.2 Å². The summed E-state index contributed by atoms with van der Waals surface area (Å²) in [5.74, 6) is -1.32. The minimum absolute atomic E-state index is 0.0578. The number of H-pyrrole nitrogens is 1. The number of carbonyl (C=O) groups excluding carboxylic acids is 4. The quantitative estimate of drug-likeness (QED) is 0.441. The molecule has 11 nitrogen and oxygen atoms in total. The number of esters is 1. The average Bonchev–Trinajstić information content (AvgIpc) is 3.32. The molecule has 35 heavy (non-hydrogen) atoms. The second-order valence-electron chi connectivity index (χ2n) is 7.95. The number of fused-ring (bicyclic) bond motifs is 1. The van der Waals surface area contributed by atoms with E-state index in [1.165, 1.54) is 0 Å². The molecule has 0 unspecified atom stereocenters. The molecule has 1 aliphatic rings. The number of urea groups is 1. The molecular weight excluding hydrogens is 452 g/mol. The first-order valence-electron chi connectivity index (χ1n) is 11.3. The Morgan fingerprint density at radius 2 is 1.60 bits per heavy atom. The minimum Gasteiger partial charge on any atom is -0.456 e. The van der Waals surface area contributed by atoms with Gasteiger partial charge in [0.2, 0.25) is 0 Å². The monoisotopic (exact) mass is 478 g/mol. The van der Waals surface area contributed by atoms with E-state index in [1.807, 2.05) is 36.4 Å². The molecule has 0 radical (unpaired) electrons. The highest BCUT2D eigenvalue weighted by atomic mass is 16.5. The number of amides is 4. The Labute approximate surface area is 201 Å². The summed E-state index contributed by atoms with van der Waals surface area (Å²) in [6.45, 7) is 1.15. The van der Waals surface area contributed by atoms with Gasteiger partial charge in [0.1, 0.15) is 0 Å². The fraction of sp³-hybridized carbons (Fsp3) is 0.292. The van der Waals surface area contributed by atoms with Gasteiger partial charge in [0, 0.05) is 43.8 Å². The van der Waals surface area contributed by atoms with Crippen LogP contribution in [0.4, 0.5) is 10.5 Å². The van der Waals surface area contributed by atoms with Crippen LogP contribution in [0.3, 0.4) is 0 Å². The number of carbonyl (C=O) groups is 4. The summed E-state index contributed by atoms with van der Waals surface area (Å²) in [6, 6.07) is 16.2. The van der Waals surface area contributed by atoms with Crippen LogP contribution in [0.25, 0.3) is 10.9 Å². The summed E-state index contributed by atoms with van der Waals surface area (Å²) in [4.78, 5) is 52.2. The Morgan fingerprint density at radius 1 is 0.914 bits per heavy atom. The predicted octanol–water partition coefficient (Wildman–Crippen LogP) is 1.60. The third kappa shape index (κ3) is 6.14. The number of ether oxygens (including phenoxy) is 1. The van der Waals surface area contributed by atoms with Gasteiger partial charge in [0.15, 0.2) is 12.3 Å². The normalized spacial score (nSPS) is 13.4. The first-order chi connectivity index (χ1) is 17.0. The molecule has 0 saturated carbocycles. The average molecular weight is 479 g/mol. The van der Waals surface area contributed by atoms with Gasteiger partial charge in [-0.3, -0.25) is 19.5 Å². The van der Waals surface area contributed by atoms with Gasteiger partial charge in [-0.2, -0.15) is 5.10 Å². The topological polar surface area (TPSA) is 137 Å². The number of hydrogen-bond acceptors (Lipinski definition) is 6. The van der Waals surface area contributed by atoms with Crippen molar-refractivity contribution in [1.29, 1.82) is 0 Å². The smallest absolute Gasteiger partial charge is 0.321 e. The molecule has 4 amide bonds. The minimum atomic E-state index is -0.591. The zero-order valence-electron chi connectivity index (χ0n) is 19.0. The van der Waals surface area contributed by atoms with Gasteiger partial charge in [0.25, 0.3) is 11.8 Å². The highest BCUT2D eigenvalue weighted by molar-refractivity contribution is 6.04. The van der Waals surface area contributed by atoms with Crippen molar-refractivity contribution >= 4 is 40.4 Å². The standard InChI is InChI=1S/C24H26N6O5/c31-20(29-12-14-30(15-13-29)24(34)26-17-6-2-1-3-7-17)16-35-21(32)10-11-25-23(33)22-18-8-4-5-9-19(18)27-28-22/h1-9H,10-16H2,(H,25,33)(H,26,34)(H,27,28). The van der Waals surface area contributed by atoms with E-state index in [1.54, 1.807) is 28.0 Å². The van der Waals surface area contributed by atoms with Crippen molar-refractivity contribution in [2.75, 3.05) is 44.6 Å². The number of hydrogen-bond donors (Lipinski definition) is 3. The molecule has 1 saturated heterocycles. The summed E-state index contributed by atoms with van der Waals surface area (Å²) in [7, 11) is 0. The molecule has 2 aromatic carbocycles. The van der Waals surface area contributed by atoms with Crippen LogP contribution in [0, 0.1) is 0 Å². The number of anilines is 1. The third-order valence-electron chi connectivity index (χ3n) is 5.60. The van der Waals surface area contributed by atoms with E-state index in [0.29, 0.717) is 37.3 Å². The lowest BCUT2D eigenvalue weighted by Crippen LogP contribution is -2.52. The second-order valence-corrected chi connectivity index (χ2v) is 7.95. The molecule has 1 aliphatic heterocycles. The van der Waals surface area contributed by atoms with E-state index in [0.717, 1.165) is 5.52 Å². The highest BCUT2D eigenvalue weighted by Gasteiger charge is 2.25. The SMILES string of the molecule is O=C(CCNC(=O)c1n[nH]c2ccccc12)OCC(=O)N1CCN(C(=O)Nc2ccccc2)CC1. The Kier molecular flexibility index (Phi) is 7.56. The fourth-order valence-electron chi connectivity index (χ4n) is 3.69. The van der Waals surface area contributed by atoms with Crippen molar-refractivity contribution in [2.24, 2.45) is 0 Å². The van der Waals surface area contributed by atoms with Crippen LogP contribution in [0.2, 0.25) is 0 Å². The van der Waals surface area contributed by atoms with E-state index in [9.17, 15) is 19.2 Å². The predicted molar refractivity (Wildman–Crippen MR) is 128 cm³/mol. The molecule has 0 bridgehead atoms. The molecule has 11 heteroatoms. The molecule has 3 aromatic rings. The summed E-state index contributed by atoms with van der Waals surface area (Å²) >= 11 is 0. The number of aromatic amines is 1. The molecule has 2 heterocycles. The maximum absolute atomic E-state index is 12.4. The van der Waals surface area contributed by atoms with E-state index < -0.39 is 11.9 Å². The zero-order chi connectivity index (χ0) is 24.6. The van der Waals surface area contributed by atoms with Crippen molar-refractivity contribution in [2.45, 2.75) is 6.42 Å². The molecule has 1 aromatic heterocycles. The lowest BCUT2D eigenvalue weighted by atomic mass is 10.2. The van der Waals surface area contributed by atoms with Crippen LogP contribution in [-0.2, 0) is 14.3 Å². The van der Waals surface area contributed by atoms with Gasteiger partial charge in [-0.1, -0.05) is 36.4 Å². The molecule has 0 aliphatic carbocycles. The maximum atomic E-state index is 12.4. The molecule has 0 spiro atoms. The van der Waals surface area contributed by atoms with Crippen LogP contribution in [0.1, 0.15) is 16.9 Å². The van der Waals surface area contributed by atoms with Crippen molar-refractivity contribution in [3.8, 4) is 0 Å². The van der Waals surface area contributed by atoms with Crippen LogP contribution >= 0.6 is 0 Å². The van der Waals surface area contributed by atoms with Crippen LogP contribution in [0.5, 0.6) is 0 Å². The summed E-state index contributed by atoms with van der Waals surface area (Å²) < 4.78 is 5.06. The maximum Gasteiger partial charge on any atom is 0.321 e. The second kappa shape index (κ2) is 11.1. The van der Waals surface area contributed by atoms with Crippen molar-refractivity contribution in [1.82, 2.24) is 25.3 Å². The van der Waals surface area contributed by atoms with E-state index >= 15 is 0 Å². The van der Waals surface area contributed by atoms with E-state index in [2.05, 4.69) is 20.8 Å². The Hall–Kier alpha value is -4.41. The van der Waals surface area contributed by atoms with Crippen LogP contribution < -0.4 is 10.6 Å². The molecule has 182 valence electrons. The number of benzene rings is 2.